The summed E-state index contributed by atoms with van der Waals surface area (Å²) in [6, 6.07) is 0. The molecule has 0 aliphatic rings. The van der Waals surface area contributed by atoms with E-state index in [1.807, 2.05) is 0 Å². The maximum atomic E-state index is 5.75. The van der Waals surface area contributed by atoms with E-state index >= 15 is 0 Å². The summed E-state index contributed by atoms with van der Waals surface area (Å²) < 4.78 is 0. The van der Waals surface area contributed by atoms with Crippen LogP contribution in [0.4, 0.5) is 0 Å². The van der Waals surface area contributed by atoms with Gasteiger partial charge in [-0.3, -0.25) is 0 Å². The van der Waals surface area contributed by atoms with E-state index in [4.69, 9.17) is 5.73 Å². The zero-order valence-electron chi connectivity index (χ0n) is 3.50. The second-order valence-electron chi connectivity index (χ2n) is 0. The Bertz CT molecular complexity index is 6.00. The van der Waals surface area contributed by atoms with E-state index in [9.17, 15) is 0 Å². The van der Waals surface area contributed by atoms with Crippen molar-refractivity contribution in [3.63, 3.8) is 0 Å². The van der Waals surface area contributed by atoms with Crippen LogP contribution in [0.15, 0.2) is 0 Å². The minimum atomic E-state index is 0. The molecule has 0 rings (SSSR count). The van der Waals surface area contributed by atoms with Gasteiger partial charge in [-0.05, 0) is 0 Å². The normalized spacial score (nSPS) is 1.50. The van der Waals surface area contributed by atoms with Crippen molar-refractivity contribution >= 4 is 0 Å². The molecular weight excluding hydrogens is 77.1 g/mol. The number of nitrogens with one attached hydrogen (secondary N) is 1. The molecule has 1 N–H and O–H groups in total. The van der Waals surface area contributed by atoms with Crippen LogP contribution in [0.2, 0.25) is 0 Å². The van der Waals surface area contributed by atoms with E-state index in [2.05, 4.69) is 0 Å². The first-order valence-electron chi connectivity index (χ1n) is 0.500. The molecule has 0 aromatic heterocycles. The Morgan fingerprint density at radius 3 is 1.25 bits per heavy atom. The van der Waals surface area contributed by atoms with Crippen LogP contribution in [0, 0.1) is 7.43 Å². The van der Waals surface area contributed by atoms with E-state index in [-0.39, 0.29) is 58.8 Å². The van der Waals surface area contributed by atoms with Crippen molar-refractivity contribution in [2.24, 2.45) is 0 Å². The summed E-state index contributed by atoms with van der Waals surface area (Å²) in [6.45, 7) is 0. The van der Waals surface area contributed by atoms with Crippen molar-refractivity contribution in [3.05, 3.63) is 13.2 Å². The van der Waals surface area contributed by atoms with Gasteiger partial charge in [-0.2, -0.15) is 7.05 Å². The van der Waals surface area contributed by atoms with E-state index in [1.165, 1.54) is 7.05 Å². The van der Waals surface area contributed by atoms with Gasteiger partial charge in [-0.15, -0.1) is 0 Å². The van der Waals surface area contributed by atoms with Gasteiger partial charge in [0.1, 0.15) is 0 Å². The SMILES string of the molecule is C[NH-].[CH3-].[K+]. The van der Waals surface area contributed by atoms with Gasteiger partial charge in [0.25, 0.3) is 0 Å². The van der Waals surface area contributed by atoms with E-state index < -0.39 is 0 Å². The van der Waals surface area contributed by atoms with Crippen LogP contribution in [-0.2, 0) is 0 Å². The quantitative estimate of drug-likeness (QED) is 0.242. The maximum absolute atomic E-state index is 5.75. The smallest absolute Gasteiger partial charge is 0.680 e. The first-order chi connectivity index (χ1) is 1.00. The van der Waals surface area contributed by atoms with E-state index in [1.54, 1.807) is 0 Å². The van der Waals surface area contributed by atoms with Crippen LogP contribution in [0.25, 0.3) is 5.73 Å². The predicted molar refractivity (Wildman–Crippen MR) is 16.7 cm³/mol. The standard InChI is InChI=1S/CH4N.CH3.K/c1-2;;/h2H,1H3;1H3;/q2*-1;+1. The molecule has 0 aromatic carbocycles. The van der Waals surface area contributed by atoms with Gasteiger partial charge in [-0.1, -0.05) is 0 Å². The molecule has 0 saturated carbocycles. The zero-order chi connectivity index (χ0) is 2.00. The molecule has 0 amide bonds. The summed E-state index contributed by atoms with van der Waals surface area (Å²) >= 11 is 0. The Kier molecular flexibility index (Phi) is 102. The van der Waals surface area contributed by atoms with Crippen LogP contribution in [-0.4, -0.2) is 7.05 Å². The van der Waals surface area contributed by atoms with Gasteiger partial charge in [0.15, 0.2) is 0 Å². The molecule has 0 unspecified atom stereocenters. The van der Waals surface area contributed by atoms with Crippen molar-refractivity contribution in [3.8, 4) is 0 Å². The summed E-state index contributed by atoms with van der Waals surface area (Å²) in [6.07, 6.45) is 0. The van der Waals surface area contributed by atoms with Crippen molar-refractivity contribution in [1.29, 1.82) is 0 Å². The predicted octanol–water partition coefficient (Wildman–Crippen LogP) is -1.88. The number of hydrogen-bond acceptors (Lipinski definition) is 0. The minimum Gasteiger partial charge on any atom is -0.680 e. The molecule has 0 atom stereocenters. The van der Waals surface area contributed by atoms with Crippen molar-refractivity contribution < 1.29 is 51.4 Å². The molecule has 2 heteroatoms. The maximum Gasteiger partial charge on any atom is 1.00 e. The average Bonchev–Trinajstić information content (AvgIpc) is 1.00. The summed E-state index contributed by atoms with van der Waals surface area (Å²) in [5, 5.41) is 0. The monoisotopic (exact) mass is 84.0 g/mol. The molecule has 1 nitrogen and oxygen atoms in total. The molecule has 22 valence electrons. The van der Waals surface area contributed by atoms with Gasteiger partial charge in [0.2, 0.25) is 0 Å². The van der Waals surface area contributed by atoms with Crippen LogP contribution >= 0.6 is 0 Å². The third-order valence-electron chi connectivity index (χ3n) is 0. The van der Waals surface area contributed by atoms with Gasteiger partial charge in [0.05, 0.1) is 0 Å². The van der Waals surface area contributed by atoms with Gasteiger partial charge < -0.3 is 13.2 Å². The summed E-state index contributed by atoms with van der Waals surface area (Å²) in [4.78, 5) is 0. The molecule has 0 saturated heterocycles. The van der Waals surface area contributed by atoms with Gasteiger partial charge in [-0.25, -0.2) is 0 Å². The topological polar surface area (TPSA) is 23.8 Å². The zero-order valence-corrected chi connectivity index (χ0v) is 6.62. The second kappa shape index (κ2) is 23.3. The van der Waals surface area contributed by atoms with Crippen molar-refractivity contribution in [1.82, 2.24) is 0 Å². The first-order valence-corrected chi connectivity index (χ1v) is 0.500. The van der Waals surface area contributed by atoms with Crippen LogP contribution in [0.5, 0.6) is 0 Å². The fourth-order valence-electron chi connectivity index (χ4n) is 0. The first kappa shape index (κ1) is 17.5. The van der Waals surface area contributed by atoms with E-state index in [0.29, 0.717) is 0 Å². The third-order valence-corrected chi connectivity index (χ3v) is 0. The number of hydrogen-bond donors (Lipinski definition) is 0. The molecule has 0 heterocycles. The molecule has 0 radical (unpaired) electrons. The molecule has 0 spiro atoms. The second-order valence-corrected chi connectivity index (χ2v) is 0. The molecular formula is C2H7KN-. The van der Waals surface area contributed by atoms with Crippen LogP contribution in [0.3, 0.4) is 0 Å². The number of rotatable bonds is 0. The van der Waals surface area contributed by atoms with E-state index in [0.717, 1.165) is 0 Å². The Labute approximate surface area is 70.4 Å². The van der Waals surface area contributed by atoms with Gasteiger partial charge >= 0.3 is 51.4 Å². The van der Waals surface area contributed by atoms with Crippen LogP contribution in [0.1, 0.15) is 0 Å². The minimum absolute atomic E-state index is 0. The van der Waals surface area contributed by atoms with Crippen molar-refractivity contribution in [2.75, 3.05) is 7.05 Å². The Morgan fingerprint density at radius 2 is 1.25 bits per heavy atom. The molecule has 0 aromatic rings. The molecule has 0 bridgehead atoms. The average molecular weight is 84.2 g/mol. The Morgan fingerprint density at radius 1 is 1.25 bits per heavy atom. The molecule has 0 fully saturated rings. The van der Waals surface area contributed by atoms with Crippen LogP contribution < -0.4 is 51.4 Å². The fraction of sp³-hybridized carbons (Fsp3) is 0.500. The summed E-state index contributed by atoms with van der Waals surface area (Å²) in [7, 11) is 1.25. The van der Waals surface area contributed by atoms with Crippen molar-refractivity contribution in [2.45, 2.75) is 0 Å². The van der Waals surface area contributed by atoms with Gasteiger partial charge in [0, 0.05) is 0 Å². The fourth-order valence-corrected chi connectivity index (χ4v) is 0. The Hall–Kier alpha value is 1.60. The molecule has 4 heavy (non-hydrogen) atoms. The summed E-state index contributed by atoms with van der Waals surface area (Å²) in [5.74, 6) is 0. The summed E-state index contributed by atoms with van der Waals surface area (Å²) in [5.41, 5.74) is 5.75. The molecule has 0 aliphatic carbocycles. The largest absolute Gasteiger partial charge is 1.00 e. The third kappa shape index (κ3) is 9.51. The Balaban J connectivity index is -0.00000000500. The molecule has 0 aliphatic heterocycles.